The molecular formula is C25H34N4O6S. The molecule has 0 bridgehead atoms. The summed E-state index contributed by atoms with van der Waals surface area (Å²) in [5.41, 5.74) is 2.79. The summed E-state index contributed by atoms with van der Waals surface area (Å²) in [7, 11) is -3.75. The molecule has 0 radical (unpaired) electrons. The second kappa shape index (κ2) is 11.0. The van der Waals surface area contributed by atoms with Gasteiger partial charge in [0, 0.05) is 31.9 Å². The topological polar surface area (TPSA) is 121 Å². The van der Waals surface area contributed by atoms with Crippen LogP contribution in [0.1, 0.15) is 58.3 Å². The van der Waals surface area contributed by atoms with Crippen molar-refractivity contribution in [2.24, 2.45) is 0 Å². The monoisotopic (exact) mass is 518 g/mol. The Morgan fingerprint density at radius 3 is 2.44 bits per heavy atom. The van der Waals surface area contributed by atoms with Crippen LogP contribution >= 0.6 is 0 Å². The minimum Gasteiger partial charge on any atom is -0.462 e. The molecule has 196 valence electrons. The quantitative estimate of drug-likeness (QED) is 0.541. The standard InChI is InChI=1S/C25H34N4O6S/c1-4-35-25(31)22-17(2)23(26-18(22)3)24(30)27-20-16-19(36(32,33)29-12-14-34-15-13-29)8-9-21(20)28-10-6-5-7-11-28/h8-9,16,26H,4-7,10-15H2,1-3H3,(H,27,30). The van der Waals surface area contributed by atoms with E-state index in [0.717, 1.165) is 38.0 Å². The van der Waals surface area contributed by atoms with E-state index in [-0.39, 0.29) is 30.3 Å². The van der Waals surface area contributed by atoms with Gasteiger partial charge in [0.2, 0.25) is 10.0 Å². The fourth-order valence-electron chi connectivity index (χ4n) is 4.79. The van der Waals surface area contributed by atoms with Gasteiger partial charge in [-0.25, -0.2) is 13.2 Å². The zero-order valence-corrected chi connectivity index (χ0v) is 21.9. The van der Waals surface area contributed by atoms with Gasteiger partial charge in [-0.05, 0) is 63.8 Å². The number of anilines is 2. The molecule has 3 heterocycles. The number of rotatable bonds is 7. The SMILES string of the molecule is CCOC(=O)c1c(C)[nH]c(C(=O)Nc2cc(S(=O)(=O)N3CCOCC3)ccc2N2CCCCC2)c1C. The fourth-order valence-corrected chi connectivity index (χ4v) is 6.23. The van der Waals surface area contributed by atoms with Gasteiger partial charge in [0.25, 0.3) is 5.91 Å². The Morgan fingerprint density at radius 1 is 1.08 bits per heavy atom. The molecule has 1 amide bonds. The van der Waals surface area contributed by atoms with E-state index in [0.29, 0.717) is 35.7 Å². The molecule has 2 aliphatic rings. The van der Waals surface area contributed by atoms with Crippen molar-refractivity contribution in [3.05, 3.63) is 40.7 Å². The predicted molar refractivity (Wildman–Crippen MR) is 136 cm³/mol. The van der Waals surface area contributed by atoms with E-state index in [1.165, 1.54) is 10.4 Å². The van der Waals surface area contributed by atoms with Crippen LogP contribution in [0.3, 0.4) is 0 Å². The molecule has 2 aromatic rings. The first kappa shape index (κ1) is 26.2. The van der Waals surface area contributed by atoms with Crippen LogP contribution in [0.15, 0.2) is 23.1 Å². The lowest BCUT2D eigenvalue weighted by Crippen LogP contribution is -2.40. The molecular weight excluding hydrogens is 484 g/mol. The normalized spacial score (nSPS) is 17.1. The number of amides is 1. The molecule has 36 heavy (non-hydrogen) atoms. The van der Waals surface area contributed by atoms with Gasteiger partial charge in [-0.2, -0.15) is 4.31 Å². The molecule has 11 heteroatoms. The molecule has 1 aromatic carbocycles. The smallest absolute Gasteiger partial charge is 0.340 e. The van der Waals surface area contributed by atoms with Crippen LogP contribution in [0.4, 0.5) is 11.4 Å². The maximum atomic E-state index is 13.4. The van der Waals surface area contributed by atoms with E-state index in [1.54, 1.807) is 32.9 Å². The number of carbonyl (C=O) groups is 2. The molecule has 1 aromatic heterocycles. The Morgan fingerprint density at radius 2 is 1.78 bits per heavy atom. The zero-order chi connectivity index (χ0) is 25.9. The Kier molecular flexibility index (Phi) is 8.01. The van der Waals surface area contributed by atoms with Gasteiger partial charge in [0.05, 0.1) is 41.7 Å². The maximum Gasteiger partial charge on any atom is 0.340 e. The summed E-state index contributed by atoms with van der Waals surface area (Å²) in [4.78, 5) is 31.1. The molecule has 0 unspecified atom stereocenters. The van der Waals surface area contributed by atoms with Gasteiger partial charge in [0.1, 0.15) is 5.69 Å². The van der Waals surface area contributed by atoms with E-state index in [4.69, 9.17) is 9.47 Å². The Bertz CT molecular complexity index is 1230. The highest BCUT2D eigenvalue weighted by Gasteiger charge is 2.29. The molecule has 4 rings (SSSR count). The minimum absolute atomic E-state index is 0.118. The fraction of sp³-hybridized carbons (Fsp3) is 0.520. The number of aryl methyl sites for hydroxylation is 1. The van der Waals surface area contributed by atoms with Crippen molar-refractivity contribution in [1.82, 2.24) is 9.29 Å². The summed E-state index contributed by atoms with van der Waals surface area (Å²) < 4.78 is 38.5. The average molecular weight is 519 g/mol. The van der Waals surface area contributed by atoms with Crippen molar-refractivity contribution < 1.29 is 27.5 Å². The number of nitrogens with zero attached hydrogens (tertiary/aromatic N) is 2. The molecule has 2 fully saturated rings. The summed E-state index contributed by atoms with van der Waals surface area (Å²) in [5.74, 6) is -0.944. The third-order valence-corrected chi connectivity index (χ3v) is 8.56. The third-order valence-electron chi connectivity index (χ3n) is 6.66. The Hall–Kier alpha value is -2.89. The zero-order valence-electron chi connectivity index (χ0n) is 21.1. The number of morpholine rings is 1. The van der Waals surface area contributed by atoms with Crippen molar-refractivity contribution in [1.29, 1.82) is 0 Å². The number of hydrogen-bond donors (Lipinski definition) is 2. The predicted octanol–water partition coefficient (Wildman–Crippen LogP) is 3.07. The van der Waals surface area contributed by atoms with Crippen LogP contribution in [0.5, 0.6) is 0 Å². The average Bonchev–Trinajstić information content (AvgIpc) is 3.19. The Balaban J connectivity index is 1.69. The minimum atomic E-state index is -3.75. The Labute approximate surface area is 212 Å². The number of carbonyl (C=O) groups excluding carboxylic acids is 2. The number of esters is 1. The van der Waals surface area contributed by atoms with Crippen LogP contribution in [-0.2, 0) is 19.5 Å². The molecule has 10 nitrogen and oxygen atoms in total. The highest BCUT2D eigenvalue weighted by Crippen LogP contribution is 2.33. The molecule has 0 aliphatic carbocycles. The van der Waals surface area contributed by atoms with Crippen molar-refractivity contribution in [2.75, 3.05) is 56.2 Å². The van der Waals surface area contributed by atoms with Crippen molar-refractivity contribution in [3.8, 4) is 0 Å². The molecule has 0 spiro atoms. The van der Waals surface area contributed by atoms with E-state index in [9.17, 15) is 18.0 Å². The van der Waals surface area contributed by atoms with E-state index < -0.39 is 21.9 Å². The van der Waals surface area contributed by atoms with Gasteiger partial charge < -0.3 is 24.7 Å². The van der Waals surface area contributed by atoms with E-state index >= 15 is 0 Å². The summed E-state index contributed by atoms with van der Waals surface area (Å²) in [6.07, 6.45) is 3.19. The van der Waals surface area contributed by atoms with E-state index in [1.807, 2.05) is 0 Å². The van der Waals surface area contributed by atoms with Crippen LogP contribution < -0.4 is 10.2 Å². The van der Waals surface area contributed by atoms with Crippen molar-refractivity contribution >= 4 is 33.3 Å². The molecule has 2 N–H and O–H groups in total. The largest absolute Gasteiger partial charge is 0.462 e. The number of aromatic amines is 1. The third kappa shape index (κ3) is 5.28. The van der Waals surface area contributed by atoms with Gasteiger partial charge in [-0.15, -0.1) is 0 Å². The van der Waals surface area contributed by atoms with Gasteiger partial charge >= 0.3 is 5.97 Å². The molecule has 2 saturated heterocycles. The molecule has 0 saturated carbocycles. The van der Waals surface area contributed by atoms with Crippen LogP contribution in [0.25, 0.3) is 0 Å². The second-order valence-electron chi connectivity index (χ2n) is 9.04. The maximum absolute atomic E-state index is 13.4. The summed E-state index contributed by atoms with van der Waals surface area (Å²) in [5, 5.41) is 2.92. The highest BCUT2D eigenvalue weighted by atomic mass is 32.2. The van der Waals surface area contributed by atoms with Crippen molar-refractivity contribution in [2.45, 2.75) is 44.9 Å². The first-order chi connectivity index (χ1) is 17.2. The summed E-state index contributed by atoms with van der Waals surface area (Å²) >= 11 is 0. The molecule has 0 atom stereocenters. The van der Waals surface area contributed by atoms with Crippen LogP contribution in [0, 0.1) is 13.8 Å². The van der Waals surface area contributed by atoms with Gasteiger partial charge in [-0.3, -0.25) is 4.79 Å². The second-order valence-corrected chi connectivity index (χ2v) is 11.0. The lowest BCUT2D eigenvalue weighted by atomic mass is 10.1. The number of sulfonamides is 1. The van der Waals surface area contributed by atoms with Crippen molar-refractivity contribution in [3.63, 3.8) is 0 Å². The number of piperidine rings is 1. The number of benzene rings is 1. The van der Waals surface area contributed by atoms with Crippen LogP contribution in [-0.4, -0.2) is 75.6 Å². The highest BCUT2D eigenvalue weighted by molar-refractivity contribution is 7.89. The number of aromatic nitrogens is 1. The van der Waals surface area contributed by atoms with E-state index in [2.05, 4.69) is 15.2 Å². The molecule has 2 aliphatic heterocycles. The summed E-state index contributed by atoms with van der Waals surface area (Å²) in [6, 6.07) is 4.91. The number of H-pyrrole nitrogens is 1. The number of nitrogens with one attached hydrogen (secondary N) is 2. The first-order valence-corrected chi connectivity index (χ1v) is 13.8. The number of ether oxygens (including phenoxy) is 2. The van der Waals surface area contributed by atoms with Gasteiger partial charge in [0.15, 0.2) is 0 Å². The van der Waals surface area contributed by atoms with Gasteiger partial charge in [-0.1, -0.05) is 0 Å². The first-order valence-electron chi connectivity index (χ1n) is 12.4. The number of hydrogen-bond acceptors (Lipinski definition) is 7. The lowest BCUT2D eigenvalue weighted by Gasteiger charge is -2.31. The summed E-state index contributed by atoms with van der Waals surface area (Å²) in [6.45, 7) is 8.28. The lowest BCUT2D eigenvalue weighted by molar-refractivity contribution is 0.0525. The van der Waals surface area contributed by atoms with Crippen LogP contribution in [0.2, 0.25) is 0 Å².